The highest BCUT2D eigenvalue weighted by atomic mass is 32.2. The van der Waals surface area contributed by atoms with E-state index >= 15 is 0 Å². The first kappa shape index (κ1) is 24.3. The Hall–Kier alpha value is -2.78. The average molecular weight is 423 g/mol. The largest absolute Gasteiger partial charge is 0.508 e. The van der Waals surface area contributed by atoms with Crippen LogP contribution in [0.15, 0.2) is 46.6 Å². The second kappa shape index (κ2) is 10.7. The van der Waals surface area contributed by atoms with Gasteiger partial charge in [-0.05, 0) is 37.6 Å². The summed E-state index contributed by atoms with van der Waals surface area (Å²) in [5, 5.41) is 17.3. The van der Waals surface area contributed by atoms with Crippen molar-refractivity contribution < 1.29 is 27.9 Å². The molecule has 29 heavy (non-hydrogen) atoms. The zero-order chi connectivity index (χ0) is 22.2. The van der Waals surface area contributed by atoms with Gasteiger partial charge in [-0.2, -0.15) is 4.31 Å². The topological polar surface area (TPSA) is 125 Å². The summed E-state index contributed by atoms with van der Waals surface area (Å²) in [7, 11) is -3.55. The highest BCUT2D eigenvalue weighted by Crippen LogP contribution is 2.17. The van der Waals surface area contributed by atoms with Gasteiger partial charge in [0.05, 0.1) is 10.5 Å². The molecule has 0 unspecified atom stereocenters. The van der Waals surface area contributed by atoms with E-state index in [1.807, 2.05) is 0 Å². The summed E-state index contributed by atoms with van der Waals surface area (Å²) in [6.07, 6.45) is 2.55. The van der Waals surface area contributed by atoms with Crippen LogP contribution in [0.25, 0.3) is 6.08 Å². The van der Waals surface area contributed by atoms with Gasteiger partial charge in [-0.1, -0.05) is 26.0 Å². The number of ketones is 1. The van der Waals surface area contributed by atoms with Gasteiger partial charge in [-0.3, -0.25) is 4.79 Å². The van der Waals surface area contributed by atoms with Crippen LogP contribution in [0, 0.1) is 5.41 Å². The molecule has 0 aliphatic heterocycles. The van der Waals surface area contributed by atoms with Crippen LogP contribution in [0.3, 0.4) is 0 Å². The summed E-state index contributed by atoms with van der Waals surface area (Å²) in [5.41, 5.74) is 0.271. The third-order valence-electron chi connectivity index (χ3n) is 4.00. The van der Waals surface area contributed by atoms with Crippen molar-refractivity contribution in [2.75, 3.05) is 19.7 Å². The molecule has 0 atom stereocenters. The van der Waals surface area contributed by atoms with Gasteiger partial charge in [0, 0.05) is 24.9 Å². The molecule has 1 aromatic rings. The molecule has 0 saturated carbocycles. The molecule has 158 valence electrons. The number of aliphatic hydroxyl groups is 1. The van der Waals surface area contributed by atoms with Crippen LogP contribution in [0.5, 0.6) is 0 Å². The normalized spacial score (nSPS) is 12.7. The molecule has 2 N–H and O–H groups in total. The lowest BCUT2D eigenvalue weighted by Crippen LogP contribution is -2.30. The highest BCUT2D eigenvalue weighted by molar-refractivity contribution is 7.89. The minimum Gasteiger partial charge on any atom is -0.508 e. The monoisotopic (exact) mass is 422 g/mol. The Morgan fingerprint density at radius 1 is 1.14 bits per heavy atom. The number of esters is 1. The zero-order valence-corrected chi connectivity index (χ0v) is 17.7. The van der Waals surface area contributed by atoms with E-state index in [4.69, 9.17) is 10.1 Å². The molecule has 0 heterocycles. The van der Waals surface area contributed by atoms with Gasteiger partial charge in [-0.25, -0.2) is 13.2 Å². The van der Waals surface area contributed by atoms with E-state index < -0.39 is 34.1 Å². The van der Waals surface area contributed by atoms with Crippen molar-refractivity contribution in [3.8, 4) is 0 Å². The Labute approximate surface area is 171 Å². The van der Waals surface area contributed by atoms with Gasteiger partial charge in [-0.15, -0.1) is 0 Å². The number of sulfonamides is 1. The van der Waals surface area contributed by atoms with Crippen molar-refractivity contribution >= 4 is 33.6 Å². The number of hydrogen-bond acceptors (Lipinski definition) is 7. The number of carbonyl (C=O) groups is 2. The number of aliphatic hydroxyl groups excluding tert-OH is 1. The maximum Gasteiger partial charge on any atom is 0.331 e. The molecular weight excluding hydrogens is 396 g/mol. The quantitative estimate of drug-likeness (QED) is 0.258. The fraction of sp³-hybridized carbons (Fsp3) is 0.350. The van der Waals surface area contributed by atoms with Gasteiger partial charge < -0.3 is 15.3 Å². The van der Waals surface area contributed by atoms with Crippen LogP contribution < -0.4 is 0 Å². The second-order valence-corrected chi connectivity index (χ2v) is 8.04. The molecule has 0 saturated heterocycles. The van der Waals surface area contributed by atoms with E-state index in [0.717, 1.165) is 6.08 Å². The molecule has 8 nitrogen and oxygen atoms in total. The predicted octanol–water partition coefficient (Wildman–Crippen LogP) is 2.71. The van der Waals surface area contributed by atoms with E-state index in [-0.39, 0.29) is 16.2 Å². The summed E-state index contributed by atoms with van der Waals surface area (Å²) in [6, 6.07) is 6.03. The Morgan fingerprint density at radius 2 is 1.69 bits per heavy atom. The van der Waals surface area contributed by atoms with Crippen LogP contribution in [0.2, 0.25) is 0 Å². The number of Topliss-reactive ketones (excluding diaryl/α,β-unsaturated/α-hetero) is 1. The lowest BCUT2D eigenvalue weighted by molar-refractivity contribution is -0.137. The van der Waals surface area contributed by atoms with Gasteiger partial charge >= 0.3 is 5.97 Å². The van der Waals surface area contributed by atoms with Crippen LogP contribution >= 0.6 is 0 Å². The summed E-state index contributed by atoms with van der Waals surface area (Å²) >= 11 is 0. The van der Waals surface area contributed by atoms with Crippen molar-refractivity contribution in [3.05, 3.63) is 47.2 Å². The van der Waals surface area contributed by atoms with E-state index in [1.165, 1.54) is 36.4 Å². The number of nitrogens with one attached hydrogen (secondary N) is 1. The zero-order valence-electron chi connectivity index (χ0n) is 16.9. The number of ether oxygens (including phenoxy) is 1. The van der Waals surface area contributed by atoms with E-state index in [9.17, 15) is 23.1 Å². The minimum absolute atomic E-state index is 0.124. The van der Waals surface area contributed by atoms with Crippen molar-refractivity contribution in [2.24, 2.45) is 0 Å². The Bertz CT molecular complexity index is 910. The molecule has 0 aromatic heterocycles. The summed E-state index contributed by atoms with van der Waals surface area (Å²) in [5.74, 6) is -1.75. The van der Waals surface area contributed by atoms with Crippen LogP contribution in [0.4, 0.5) is 0 Å². The van der Waals surface area contributed by atoms with E-state index in [1.54, 1.807) is 26.0 Å². The maximum atomic E-state index is 12.4. The van der Waals surface area contributed by atoms with Crippen LogP contribution in [0.1, 0.15) is 33.3 Å². The van der Waals surface area contributed by atoms with Gasteiger partial charge in [0.15, 0.2) is 5.78 Å². The van der Waals surface area contributed by atoms with Gasteiger partial charge in [0.25, 0.3) is 0 Å². The predicted molar refractivity (Wildman–Crippen MR) is 110 cm³/mol. The van der Waals surface area contributed by atoms with Crippen molar-refractivity contribution in [2.45, 2.75) is 32.6 Å². The van der Waals surface area contributed by atoms with Crippen LogP contribution in [-0.2, 0) is 24.3 Å². The first-order valence-electron chi connectivity index (χ1n) is 8.98. The minimum atomic E-state index is -3.55. The number of allylic oxidation sites excluding steroid dienone is 1. The number of benzene rings is 1. The Kier molecular flexibility index (Phi) is 8.93. The van der Waals surface area contributed by atoms with E-state index in [0.29, 0.717) is 18.7 Å². The van der Waals surface area contributed by atoms with E-state index in [2.05, 4.69) is 0 Å². The van der Waals surface area contributed by atoms with Crippen molar-refractivity contribution in [1.29, 1.82) is 5.41 Å². The number of carbonyl (C=O) groups excluding carboxylic acids is 2. The maximum absolute atomic E-state index is 12.4. The molecule has 0 amide bonds. The highest BCUT2D eigenvalue weighted by Gasteiger charge is 2.21. The number of nitrogens with zero attached hydrogens (tertiary/aromatic N) is 1. The molecule has 0 fully saturated rings. The summed E-state index contributed by atoms with van der Waals surface area (Å²) < 4.78 is 31.1. The average Bonchev–Trinajstić information content (AvgIpc) is 2.65. The standard InChI is InChI=1S/C20H26N2O6S/c1-5-22(6-2)29(26,27)17-10-7-16(8-11-17)9-12-19(25)28-13-18(24)20(14(3)21)15(4)23/h7-12,21,24H,5-6,13H2,1-4H3/b12-9+,20-18-,21-14?. The molecule has 0 bridgehead atoms. The van der Waals surface area contributed by atoms with Gasteiger partial charge in [0.2, 0.25) is 10.0 Å². The molecule has 1 aromatic carbocycles. The summed E-state index contributed by atoms with van der Waals surface area (Å²) in [6.45, 7) is 6.29. The van der Waals surface area contributed by atoms with Gasteiger partial charge in [0.1, 0.15) is 12.4 Å². The molecule has 9 heteroatoms. The molecule has 0 spiro atoms. The Morgan fingerprint density at radius 3 is 2.14 bits per heavy atom. The number of hydrogen-bond donors (Lipinski definition) is 2. The first-order valence-corrected chi connectivity index (χ1v) is 10.4. The summed E-state index contributed by atoms with van der Waals surface area (Å²) in [4.78, 5) is 23.4. The molecule has 0 aliphatic carbocycles. The number of rotatable bonds is 10. The third kappa shape index (κ3) is 6.65. The fourth-order valence-corrected chi connectivity index (χ4v) is 4.03. The SMILES string of the molecule is CCN(CC)S(=O)(=O)c1ccc(/C=C/C(=O)OC/C(O)=C(\C(C)=N)C(C)=O)cc1. The lowest BCUT2D eigenvalue weighted by Gasteiger charge is -2.18. The van der Waals surface area contributed by atoms with Crippen molar-refractivity contribution in [1.82, 2.24) is 4.31 Å². The second-order valence-electron chi connectivity index (χ2n) is 6.10. The van der Waals surface area contributed by atoms with Crippen LogP contribution in [-0.4, -0.2) is 55.0 Å². The lowest BCUT2D eigenvalue weighted by atomic mass is 10.1. The molecular formula is C20H26N2O6S. The third-order valence-corrected chi connectivity index (χ3v) is 6.07. The molecule has 1 rings (SSSR count). The first-order chi connectivity index (χ1) is 13.5. The molecule has 0 aliphatic rings. The van der Waals surface area contributed by atoms with Crippen molar-refractivity contribution in [3.63, 3.8) is 0 Å². The Balaban J connectivity index is 2.82. The fourth-order valence-electron chi connectivity index (χ4n) is 2.57. The molecule has 0 radical (unpaired) electrons. The smallest absolute Gasteiger partial charge is 0.331 e.